The molecule has 2 rings (SSSR count). The average molecular weight is 237 g/mol. The summed E-state index contributed by atoms with van der Waals surface area (Å²) in [6.07, 6.45) is 0. The minimum absolute atomic E-state index is 0.532. The van der Waals surface area contributed by atoms with Crippen LogP contribution < -0.4 is 0 Å². The summed E-state index contributed by atoms with van der Waals surface area (Å²) >= 11 is 3.62. The first-order valence-corrected chi connectivity index (χ1v) is 5.37. The quantitative estimate of drug-likeness (QED) is 0.453. The van der Waals surface area contributed by atoms with Gasteiger partial charge < -0.3 is 9.47 Å². The van der Waals surface area contributed by atoms with Gasteiger partial charge in [0.1, 0.15) is 13.1 Å². The maximum Gasteiger partial charge on any atom is 0.183 e. The molecule has 0 amide bonds. The van der Waals surface area contributed by atoms with E-state index in [0.717, 1.165) is 44.1 Å². The van der Waals surface area contributed by atoms with Gasteiger partial charge in [0.05, 0.1) is 31.2 Å². The molecule has 0 aromatic carbocycles. The molecule has 0 N–H and O–H groups in total. The van der Waals surface area contributed by atoms with Gasteiger partial charge in [0, 0.05) is 0 Å². The smallest absolute Gasteiger partial charge is 0.183 e. The molecule has 4 heteroatoms. The summed E-state index contributed by atoms with van der Waals surface area (Å²) < 4.78 is 12.0. The number of nitrogens with zero attached hydrogens (tertiary/aromatic N) is 1. The first-order valence-electron chi connectivity index (χ1n) is 4.45. The van der Waals surface area contributed by atoms with Crippen molar-refractivity contribution < 1.29 is 14.0 Å². The standard InChI is InChI=1S/C8H15BrNO2/c9-8-5-10(7-12-6-8)1-3-11-4-2-10/h8H,1-7H2/q+1. The van der Waals surface area contributed by atoms with E-state index in [2.05, 4.69) is 15.9 Å². The number of halogens is 1. The fourth-order valence-electron chi connectivity index (χ4n) is 1.94. The second-order valence-corrected chi connectivity index (χ2v) is 4.98. The van der Waals surface area contributed by atoms with E-state index in [9.17, 15) is 0 Å². The fourth-order valence-corrected chi connectivity index (χ4v) is 2.74. The molecule has 1 spiro atoms. The molecule has 2 heterocycles. The molecule has 0 aromatic rings. The van der Waals surface area contributed by atoms with Crippen LogP contribution >= 0.6 is 15.9 Å². The molecule has 3 nitrogen and oxygen atoms in total. The molecular weight excluding hydrogens is 222 g/mol. The summed E-state index contributed by atoms with van der Waals surface area (Å²) in [5.41, 5.74) is 0. The Hall–Kier alpha value is 0.360. The van der Waals surface area contributed by atoms with Crippen LogP contribution in [-0.2, 0) is 9.47 Å². The van der Waals surface area contributed by atoms with Gasteiger partial charge in [0.2, 0.25) is 0 Å². The van der Waals surface area contributed by atoms with Crippen molar-refractivity contribution >= 4 is 15.9 Å². The Balaban J connectivity index is 1.97. The molecule has 0 saturated carbocycles. The largest absolute Gasteiger partial charge is 0.370 e. The van der Waals surface area contributed by atoms with Gasteiger partial charge in [-0.2, -0.15) is 0 Å². The third-order valence-corrected chi connectivity index (χ3v) is 3.22. The number of rotatable bonds is 0. The van der Waals surface area contributed by atoms with Crippen molar-refractivity contribution in [2.24, 2.45) is 0 Å². The topological polar surface area (TPSA) is 18.5 Å². The van der Waals surface area contributed by atoms with Gasteiger partial charge in [0.15, 0.2) is 6.73 Å². The summed E-state index contributed by atoms with van der Waals surface area (Å²) in [5.74, 6) is 0. The molecule has 12 heavy (non-hydrogen) atoms. The summed E-state index contributed by atoms with van der Waals surface area (Å²) in [4.78, 5) is 0.532. The van der Waals surface area contributed by atoms with Crippen LogP contribution in [0, 0.1) is 0 Å². The van der Waals surface area contributed by atoms with Gasteiger partial charge in [-0.3, -0.25) is 4.48 Å². The fraction of sp³-hybridized carbons (Fsp3) is 1.00. The number of morpholine rings is 1. The summed E-state index contributed by atoms with van der Waals surface area (Å²) in [6, 6.07) is 0. The molecule has 0 bridgehead atoms. The molecule has 2 saturated heterocycles. The normalized spacial score (nSPS) is 35.2. The van der Waals surface area contributed by atoms with Crippen LogP contribution in [-0.4, -0.2) is 55.5 Å². The minimum Gasteiger partial charge on any atom is -0.370 e. The second kappa shape index (κ2) is 3.62. The zero-order valence-electron chi connectivity index (χ0n) is 7.17. The van der Waals surface area contributed by atoms with Crippen LogP contribution in [0.25, 0.3) is 0 Å². The first-order chi connectivity index (χ1) is 5.81. The molecule has 0 aromatic heterocycles. The number of hydrogen-bond acceptors (Lipinski definition) is 2. The first kappa shape index (κ1) is 8.94. The van der Waals surface area contributed by atoms with Gasteiger partial charge in [-0.15, -0.1) is 0 Å². The highest BCUT2D eigenvalue weighted by Gasteiger charge is 2.36. The number of ether oxygens (including phenoxy) is 2. The van der Waals surface area contributed by atoms with Crippen molar-refractivity contribution in [3.63, 3.8) is 0 Å². The highest BCUT2D eigenvalue weighted by molar-refractivity contribution is 9.09. The minimum atomic E-state index is 0.532. The van der Waals surface area contributed by atoms with Crippen molar-refractivity contribution in [3.05, 3.63) is 0 Å². The molecule has 2 aliphatic heterocycles. The van der Waals surface area contributed by atoms with E-state index in [4.69, 9.17) is 9.47 Å². The lowest BCUT2D eigenvalue weighted by Gasteiger charge is -2.44. The maximum absolute atomic E-state index is 5.54. The van der Waals surface area contributed by atoms with Crippen LogP contribution in [0.2, 0.25) is 0 Å². The molecule has 0 aliphatic carbocycles. The van der Waals surface area contributed by atoms with Crippen LogP contribution in [0.5, 0.6) is 0 Å². The zero-order chi connectivity index (χ0) is 8.44. The lowest BCUT2D eigenvalue weighted by molar-refractivity contribution is -0.957. The van der Waals surface area contributed by atoms with Gasteiger partial charge in [-0.1, -0.05) is 15.9 Å². The molecular formula is C8H15BrNO2+. The predicted molar refractivity (Wildman–Crippen MR) is 49.2 cm³/mol. The van der Waals surface area contributed by atoms with Gasteiger partial charge >= 0.3 is 0 Å². The Kier molecular flexibility index (Phi) is 2.69. The van der Waals surface area contributed by atoms with Crippen LogP contribution in [0.3, 0.4) is 0 Å². The molecule has 2 fully saturated rings. The highest BCUT2D eigenvalue weighted by atomic mass is 79.9. The van der Waals surface area contributed by atoms with E-state index >= 15 is 0 Å². The average Bonchev–Trinajstić information content (AvgIpc) is 2.05. The van der Waals surface area contributed by atoms with E-state index in [1.165, 1.54) is 6.54 Å². The Morgan fingerprint density at radius 1 is 1.17 bits per heavy atom. The van der Waals surface area contributed by atoms with Gasteiger partial charge in [-0.05, 0) is 0 Å². The Morgan fingerprint density at radius 2 is 1.92 bits per heavy atom. The van der Waals surface area contributed by atoms with Crippen LogP contribution in [0.1, 0.15) is 0 Å². The van der Waals surface area contributed by atoms with E-state index in [1.54, 1.807) is 0 Å². The Bertz CT molecular complexity index is 154. The van der Waals surface area contributed by atoms with Crippen molar-refractivity contribution in [1.29, 1.82) is 0 Å². The van der Waals surface area contributed by atoms with E-state index in [-0.39, 0.29) is 0 Å². The highest BCUT2D eigenvalue weighted by Crippen LogP contribution is 2.20. The Morgan fingerprint density at radius 3 is 2.58 bits per heavy atom. The summed E-state index contributed by atoms with van der Waals surface area (Å²) in [7, 11) is 0. The summed E-state index contributed by atoms with van der Waals surface area (Å²) in [5, 5.41) is 0. The number of hydrogen-bond donors (Lipinski definition) is 0. The second-order valence-electron chi connectivity index (χ2n) is 3.68. The van der Waals surface area contributed by atoms with Crippen molar-refractivity contribution in [1.82, 2.24) is 0 Å². The van der Waals surface area contributed by atoms with E-state index in [1.807, 2.05) is 0 Å². The van der Waals surface area contributed by atoms with Crippen LogP contribution in [0.4, 0.5) is 0 Å². The molecule has 70 valence electrons. The molecule has 1 unspecified atom stereocenters. The number of quaternary nitrogens is 1. The third kappa shape index (κ3) is 1.82. The van der Waals surface area contributed by atoms with Crippen molar-refractivity contribution in [2.75, 3.05) is 46.2 Å². The van der Waals surface area contributed by atoms with Crippen molar-refractivity contribution in [3.8, 4) is 0 Å². The number of alkyl halides is 1. The van der Waals surface area contributed by atoms with Gasteiger partial charge in [-0.25, -0.2) is 0 Å². The lowest BCUT2D eigenvalue weighted by Crippen LogP contribution is -2.61. The lowest BCUT2D eigenvalue weighted by atomic mass is 10.2. The predicted octanol–water partition coefficient (Wildman–Crippen LogP) is 0.585. The maximum atomic E-state index is 5.54. The van der Waals surface area contributed by atoms with E-state index < -0.39 is 0 Å². The molecule has 1 atom stereocenters. The van der Waals surface area contributed by atoms with E-state index in [0.29, 0.717) is 4.83 Å². The zero-order valence-corrected chi connectivity index (χ0v) is 8.75. The van der Waals surface area contributed by atoms with Crippen molar-refractivity contribution in [2.45, 2.75) is 4.83 Å². The SMILES string of the molecule is BrC1COC[N+]2(CCOCC2)C1. The monoisotopic (exact) mass is 236 g/mol. The summed E-state index contributed by atoms with van der Waals surface area (Å²) in [6.45, 7) is 6.95. The third-order valence-electron chi connectivity index (χ3n) is 2.67. The molecule has 0 radical (unpaired) electrons. The Labute approximate surface area is 81.3 Å². The van der Waals surface area contributed by atoms with Gasteiger partial charge in [0.25, 0.3) is 0 Å². The molecule has 2 aliphatic rings. The van der Waals surface area contributed by atoms with Crippen LogP contribution in [0.15, 0.2) is 0 Å².